The second-order valence-electron chi connectivity index (χ2n) is 4.84. The molecule has 1 amide bonds. The summed E-state index contributed by atoms with van der Waals surface area (Å²) in [6, 6.07) is 4.06. The summed E-state index contributed by atoms with van der Waals surface area (Å²) in [5, 5.41) is 9.73. The number of amides is 1. The maximum Gasteiger partial charge on any atom is 0.270 e. The fourth-order valence-electron chi connectivity index (χ4n) is 1.91. The molecule has 0 aliphatic heterocycles. The molecule has 0 fully saturated rings. The molecule has 2 aromatic rings. The van der Waals surface area contributed by atoms with Crippen LogP contribution in [0.4, 0.5) is 5.69 Å². The predicted octanol–water partition coefficient (Wildman–Crippen LogP) is 0.633. The second kappa shape index (κ2) is 6.96. The summed E-state index contributed by atoms with van der Waals surface area (Å²) in [5.74, 6) is 0.297. The molecule has 1 aromatic carbocycles. The maximum atomic E-state index is 11.9. The molecule has 1 aromatic heterocycles. The smallest absolute Gasteiger partial charge is 0.270 e. The highest BCUT2D eigenvalue weighted by atomic mass is 32.2. The average molecular weight is 381 g/mol. The summed E-state index contributed by atoms with van der Waals surface area (Å²) in [6.45, 7) is 0.878. The molecule has 1 heterocycles. The van der Waals surface area contributed by atoms with Gasteiger partial charge in [-0.05, 0) is 6.07 Å². The van der Waals surface area contributed by atoms with Crippen LogP contribution < -0.4 is 4.80 Å². The predicted molar refractivity (Wildman–Crippen MR) is 90.3 cm³/mol. The van der Waals surface area contributed by atoms with Gasteiger partial charge in [-0.15, -0.1) is 6.42 Å². The number of nitro benzene ring substituents is 1. The highest BCUT2D eigenvalue weighted by molar-refractivity contribution is 8.06. The normalized spacial score (nSPS) is 12.1. The van der Waals surface area contributed by atoms with Gasteiger partial charge in [-0.3, -0.25) is 19.7 Å². The Morgan fingerprint density at radius 2 is 2.12 bits per heavy atom. The zero-order chi connectivity index (χ0) is 18.8. The number of fused-ring (bicyclic) bond motifs is 1. The van der Waals surface area contributed by atoms with E-state index in [4.69, 9.17) is 6.42 Å². The van der Waals surface area contributed by atoms with E-state index in [1.54, 1.807) is 0 Å². The number of carbonyl (C=O) groups excluding carboxylic acids is 2. The SMILES string of the molecule is C#CCn1c(=NC(=O)CS(=O)(=O)C(C)=O)sc2cc([N+](=O)[O-])ccc21. The number of benzene rings is 1. The highest BCUT2D eigenvalue weighted by Crippen LogP contribution is 2.23. The first-order valence-electron chi connectivity index (χ1n) is 6.68. The second-order valence-corrected chi connectivity index (χ2v) is 7.94. The molecule has 9 nitrogen and oxygen atoms in total. The van der Waals surface area contributed by atoms with Gasteiger partial charge >= 0.3 is 0 Å². The summed E-state index contributed by atoms with van der Waals surface area (Å²) in [7, 11) is -4.21. The number of rotatable bonds is 4. The van der Waals surface area contributed by atoms with E-state index in [9.17, 15) is 28.1 Å². The molecule has 0 atom stereocenters. The standard InChI is InChI=1S/C14H11N3O6S2/c1-3-6-16-11-5-4-10(17(20)21)7-12(11)24-14(16)15-13(19)8-25(22,23)9(2)18/h1,4-5,7H,6,8H2,2H3. The molecule has 0 spiro atoms. The largest absolute Gasteiger partial charge is 0.305 e. The fourth-order valence-corrected chi connectivity index (χ4v) is 3.58. The van der Waals surface area contributed by atoms with Crippen molar-refractivity contribution >= 4 is 48.1 Å². The van der Waals surface area contributed by atoms with Crippen molar-refractivity contribution in [3.05, 3.63) is 33.1 Å². The van der Waals surface area contributed by atoms with Crippen molar-refractivity contribution in [3.63, 3.8) is 0 Å². The Morgan fingerprint density at radius 3 is 2.68 bits per heavy atom. The van der Waals surface area contributed by atoms with Crippen molar-refractivity contribution in [1.82, 2.24) is 4.57 Å². The molecule has 0 saturated heterocycles. The van der Waals surface area contributed by atoms with Crippen molar-refractivity contribution < 1.29 is 22.9 Å². The van der Waals surface area contributed by atoms with Gasteiger partial charge in [-0.25, -0.2) is 8.42 Å². The molecular weight excluding hydrogens is 370 g/mol. The summed E-state index contributed by atoms with van der Waals surface area (Å²) < 4.78 is 24.9. The van der Waals surface area contributed by atoms with Crippen LogP contribution in [0.15, 0.2) is 23.2 Å². The molecule has 0 N–H and O–H groups in total. The summed E-state index contributed by atoms with van der Waals surface area (Å²) >= 11 is 0.954. The van der Waals surface area contributed by atoms with Crippen molar-refractivity contribution in [2.75, 3.05) is 5.75 Å². The third-order valence-corrected chi connectivity index (χ3v) is 5.64. The van der Waals surface area contributed by atoms with Crippen molar-refractivity contribution in [2.45, 2.75) is 13.5 Å². The number of hydrogen-bond donors (Lipinski definition) is 0. The van der Waals surface area contributed by atoms with E-state index in [0.717, 1.165) is 18.3 Å². The first-order valence-corrected chi connectivity index (χ1v) is 9.14. The van der Waals surface area contributed by atoms with Crippen molar-refractivity contribution in [1.29, 1.82) is 0 Å². The van der Waals surface area contributed by atoms with Crippen LogP contribution in [0, 0.1) is 22.5 Å². The van der Waals surface area contributed by atoms with Gasteiger partial charge in [-0.2, -0.15) is 4.99 Å². The Balaban J connectivity index is 2.58. The molecule has 0 aliphatic rings. The van der Waals surface area contributed by atoms with Crippen LogP contribution in [0.2, 0.25) is 0 Å². The van der Waals surface area contributed by atoms with E-state index >= 15 is 0 Å². The Kier molecular flexibility index (Phi) is 5.15. The number of thiazole rings is 1. The lowest BCUT2D eigenvalue weighted by molar-refractivity contribution is -0.384. The molecule has 0 unspecified atom stereocenters. The number of sulfone groups is 1. The Bertz CT molecular complexity index is 1100. The lowest BCUT2D eigenvalue weighted by atomic mass is 10.3. The van der Waals surface area contributed by atoms with Gasteiger partial charge in [0.2, 0.25) is 15.0 Å². The lowest BCUT2D eigenvalue weighted by Gasteiger charge is -1.99. The lowest BCUT2D eigenvalue weighted by Crippen LogP contribution is -2.23. The zero-order valence-corrected chi connectivity index (χ0v) is 14.5. The third kappa shape index (κ3) is 3.98. The van der Waals surface area contributed by atoms with Crippen LogP contribution in [-0.2, 0) is 26.0 Å². The van der Waals surface area contributed by atoms with Gasteiger partial charge in [-0.1, -0.05) is 17.3 Å². The minimum absolute atomic E-state index is 0.0311. The molecule has 130 valence electrons. The third-order valence-electron chi connectivity index (χ3n) is 3.10. The van der Waals surface area contributed by atoms with Crippen LogP contribution in [0.25, 0.3) is 10.2 Å². The monoisotopic (exact) mass is 381 g/mol. The Labute approximate surface area is 145 Å². The topological polar surface area (TPSA) is 129 Å². The van der Waals surface area contributed by atoms with E-state index in [2.05, 4.69) is 10.9 Å². The van der Waals surface area contributed by atoms with E-state index in [1.807, 2.05) is 0 Å². The van der Waals surface area contributed by atoms with E-state index < -0.39 is 31.5 Å². The van der Waals surface area contributed by atoms with E-state index in [-0.39, 0.29) is 17.0 Å². The van der Waals surface area contributed by atoms with Crippen LogP contribution in [0.5, 0.6) is 0 Å². The van der Waals surface area contributed by atoms with Crippen LogP contribution in [0.1, 0.15) is 6.92 Å². The maximum absolute atomic E-state index is 11.9. The van der Waals surface area contributed by atoms with Crippen molar-refractivity contribution in [3.8, 4) is 12.3 Å². The Morgan fingerprint density at radius 1 is 1.44 bits per heavy atom. The number of hydrogen-bond acceptors (Lipinski definition) is 7. The molecular formula is C14H11N3O6S2. The molecule has 2 rings (SSSR count). The number of nitro groups is 1. The van der Waals surface area contributed by atoms with Crippen LogP contribution >= 0.6 is 11.3 Å². The number of nitrogens with zero attached hydrogens (tertiary/aromatic N) is 3. The number of carbonyl (C=O) groups is 2. The van der Waals surface area contributed by atoms with Crippen LogP contribution in [-0.4, -0.2) is 34.7 Å². The number of aromatic nitrogens is 1. The summed E-state index contributed by atoms with van der Waals surface area (Å²) in [4.78, 5) is 37.0. The molecule has 0 saturated carbocycles. The minimum Gasteiger partial charge on any atom is -0.305 e. The quantitative estimate of drug-likeness (QED) is 0.434. The van der Waals surface area contributed by atoms with Crippen molar-refractivity contribution in [2.24, 2.45) is 4.99 Å². The van der Waals surface area contributed by atoms with Gasteiger partial charge in [0, 0.05) is 19.1 Å². The summed E-state index contributed by atoms with van der Waals surface area (Å²) in [5.41, 5.74) is 0.383. The molecule has 11 heteroatoms. The fraction of sp³-hybridized carbons (Fsp3) is 0.214. The van der Waals surface area contributed by atoms with E-state index in [1.165, 1.54) is 22.8 Å². The van der Waals surface area contributed by atoms with Gasteiger partial charge < -0.3 is 4.57 Å². The zero-order valence-electron chi connectivity index (χ0n) is 12.8. The molecule has 0 aliphatic carbocycles. The number of non-ortho nitro benzene ring substituents is 1. The molecule has 0 bridgehead atoms. The summed E-state index contributed by atoms with van der Waals surface area (Å²) in [6.07, 6.45) is 5.29. The molecule has 0 radical (unpaired) electrons. The van der Waals surface area contributed by atoms with E-state index in [0.29, 0.717) is 10.2 Å². The average Bonchev–Trinajstić information content (AvgIpc) is 2.83. The molecule has 25 heavy (non-hydrogen) atoms. The van der Waals surface area contributed by atoms with Gasteiger partial charge in [0.05, 0.1) is 21.7 Å². The van der Waals surface area contributed by atoms with Crippen LogP contribution in [0.3, 0.4) is 0 Å². The highest BCUT2D eigenvalue weighted by Gasteiger charge is 2.22. The minimum atomic E-state index is -4.21. The first kappa shape index (κ1) is 18.5. The Hall–Kier alpha value is -2.84. The number of terminal acetylenes is 1. The van der Waals surface area contributed by atoms with Gasteiger partial charge in [0.25, 0.3) is 11.6 Å². The first-order chi connectivity index (χ1) is 11.7. The van der Waals surface area contributed by atoms with Gasteiger partial charge in [0.1, 0.15) is 5.75 Å². The van der Waals surface area contributed by atoms with Gasteiger partial charge in [0.15, 0.2) is 4.80 Å².